The monoisotopic (exact) mass is 534 g/mol. The van der Waals surface area contributed by atoms with Crippen molar-refractivity contribution in [2.24, 2.45) is 0 Å². The van der Waals surface area contributed by atoms with Crippen molar-refractivity contribution in [1.82, 2.24) is 19.7 Å². The number of hydrogen-bond acceptors (Lipinski definition) is 4. The number of carbonyl (C=O) groups excluding carboxylic acids is 1. The number of halogens is 3. The minimum atomic E-state index is -4.73. The highest BCUT2D eigenvalue weighted by Gasteiger charge is 2.35. The molecule has 0 aliphatic heterocycles. The highest BCUT2D eigenvalue weighted by Crippen LogP contribution is 2.40. The summed E-state index contributed by atoms with van der Waals surface area (Å²) >= 11 is 0. The molecule has 0 saturated heterocycles. The Morgan fingerprint density at radius 2 is 1.72 bits per heavy atom. The molecule has 0 aliphatic rings. The summed E-state index contributed by atoms with van der Waals surface area (Å²) in [6, 6.07) is 16.7. The van der Waals surface area contributed by atoms with Crippen molar-refractivity contribution in [3.05, 3.63) is 90.4 Å². The van der Waals surface area contributed by atoms with Crippen LogP contribution in [0.15, 0.2) is 79.1 Å². The van der Waals surface area contributed by atoms with Crippen molar-refractivity contribution < 1.29 is 22.7 Å². The van der Waals surface area contributed by atoms with Gasteiger partial charge in [-0.15, -0.1) is 0 Å². The molecule has 2 amide bonds. The van der Waals surface area contributed by atoms with Gasteiger partial charge < -0.3 is 15.0 Å². The fourth-order valence-corrected chi connectivity index (χ4v) is 3.94. The Morgan fingerprint density at radius 3 is 2.44 bits per heavy atom. The van der Waals surface area contributed by atoms with Gasteiger partial charge in [0.05, 0.1) is 16.8 Å². The highest BCUT2D eigenvalue weighted by atomic mass is 19.4. The van der Waals surface area contributed by atoms with Crippen LogP contribution in [0.1, 0.15) is 32.0 Å². The molecule has 0 fully saturated rings. The number of alkyl halides is 3. The average molecular weight is 535 g/mol. The Kier molecular flexibility index (Phi) is 6.51. The van der Waals surface area contributed by atoms with Gasteiger partial charge in [0.1, 0.15) is 28.5 Å². The second-order valence-corrected chi connectivity index (χ2v) is 9.85. The SMILES string of the molecule is CC(C)(C)c1cc(NC(=O)Nc2ccc(Oc3ccnc4[nH]ccc34)c(C(F)(F)F)c2)n(-c2ccccc2)n1. The molecule has 0 saturated carbocycles. The topological polar surface area (TPSA) is 96.9 Å². The number of amides is 2. The van der Waals surface area contributed by atoms with Crippen molar-refractivity contribution in [1.29, 1.82) is 0 Å². The van der Waals surface area contributed by atoms with Gasteiger partial charge in [-0.2, -0.15) is 18.3 Å². The van der Waals surface area contributed by atoms with Gasteiger partial charge in [0.15, 0.2) is 0 Å². The van der Waals surface area contributed by atoms with Crippen LogP contribution in [-0.4, -0.2) is 25.8 Å². The minimum absolute atomic E-state index is 0.0597. The minimum Gasteiger partial charge on any atom is -0.456 e. The number of rotatable bonds is 5. The lowest BCUT2D eigenvalue weighted by Gasteiger charge is -2.16. The van der Waals surface area contributed by atoms with Gasteiger partial charge in [-0.25, -0.2) is 14.5 Å². The van der Waals surface area contributed by atoms with E-state index in [1.165, 1.54) is 24.4 Å². The van der Waals surface area contributed by atoms with Crippen LogP contribution in [0.2, 0.25) is 0 Å². The molecule has 0 spiro atoms. The highest BCUT2D eigenvalue weighted by molar-refractivity contribution is 5.99. The van der Waals surface area contributed by atoms with Crippen molar-refractivity contribution in [3.63, 3.8) is 0 Å². The summed E-state index contributed by atoms with van der Waals surface area (Å²) in [5, 5.41) is 10.4. The second kappa shape index (κ2) is 9.82. The van der Waals surface area contributed by atoms with Crippen LogP contribution in [0.3, 0.4) is 0 Å². The molecule has 3 N–H and O–H groups in total. The van der Waals surface area contributed by atoms with Crippen molar-refractivity contribution in [2.75, 3.05) is 10.6 Å². The van der Waals surface area contributed by atoms with Crippen LogP contribution in [0.25, 0.3) is 16.7 Å². The van der Waals surface area contributed by atoms with Gasteiger partial charge in [0.2, 0.25) is 0 Å². The molecule has 0 aliphatic carbocycles. The third kappa shape index (κ3) is 5.57. The van der Waals surface area contributed by atoms with E-state index in [9.17, 15) is 18.0 Å². The Bertz CT molecular complexity index is 1630. The number of urea groups is 1. The Morgan fingerprint density at radius 1 is 0.949 bits per heavy atom. The Hall–Kier alpha value is -4.80. The molecular formula is C28H25F3N6O2. The maximum Gasteiger partial charge on any atom is 0.420 e. The molecule has 5 aromatic rings. The lowest BCUT2D eigenvalue weighted by molar-refractivity contribution is -0.138. The summed E-state index contributed by atoms with van der Waals surface area (Å²) in [5.74, 6) is 0.181. The van der Waals surface area contributed by atoms with Crippen LogP contribution < -0.4 is 15.4 Å². The summed E-state index contributed by atoms with van der Waals surface area (Å²) in [5.41, 5.74) is 0.540. The number of nitrogens with one attached hydrogen (secondary N) is 3. The molecule has 200 valence electrons. The van der Waals surface area contributed by atoms with Crippen molar-refractivity contribution >= 4 is 28.6 Å². The Labute approximate surface area is 221 Å². The molecule has 0 radical (unpaired) electrons. The van der Waals surface area contributed by atoms with E-state index in [1.807, 2.05) is 51.1 Å². The first-order valence-corrected chi connectivity index (χ1v) is 12.0. The van der Waals surface area contributed by atoms with Gasteiger partial charge in [0, 0.05) is 29.6 Å². The zero-order valence-corrected chi connectivity index (χ0v) is 21.3. The van der Waals surface area contributed by atoms with Crippen molar-refractivity contribution in [2.45, 2.75) is 32.4 Å². The normalized spacial score (nSPS) is 11.9. The molecule has 11 heteroatoms. The smallest absolute Gasteiger partial charge is 0.420 e. The number of aromatic amines is 1. The number of anilines is 2. The van der Waals surface area contributed by atoms with E-state index in [-0.39, 0.29) is 16.9 Å². The third-order valence-electron chi connectivity index (χ3n) is 5.90. The molecule has 0 bridgehead atoms. The first kappa shape index (κ1) is 25.8. The maximum atomic E-state index is 14.0. The van der Waals surface area contributed by atoms with E-state index < -0.39 is 23.5 Å². The summed E-state index contributed by atoms with van der Waals surface area (Å²) < 4.78 is 49.2. The van der Waals surface area contributed by atoms with Crippen molar-refractivity contribution in [3.8, 4) is 17.2 Å². The number of benzene rings is 2. The number of para-hydroxylation sites is 1. The quantitative estimate of drug-likeness (QED) is 0.218. The number of pyridine rings is 1. The summed E-state index contributed by atoms with van der Waals surface area (Å²) in [6.45, 7) is 5.97. The van der Waals surface area contributed by atoms with Crippen LogP contribution >= 0.6 is 0 Å². The lowest BCUT2D eigenvalue weighted by atomic mass is 9.92. The van der Waals surface area contributed by atoms with E-state index in [0.717, 1.165) is 17.4 Å². The predicted molar refractivity (Wildman–Crippen MR) is 143 cm³/mol. The van der Waals surface area contributed by atoms with Gasteiger partial charge in [-0.05, 0) is 42.5 Å². The number of nitrogens with zero attached hydrogens (tertiary/aromatic N) is 3. The number of ether oxygens (including phenoxy) is 1. The third-order valence-corrected chi connectivity index (χ3v) is 5.90. The van der Waals surface area contributed by atoms with E-state index in [4.69, 9.17) is 4.74 Å². The first-order chi connectivity index (χ1) is 18.5. The van der Waals surface area contributed by atoms with E-state index in [1.54, 1.807) is 23.0 Å². The molecule has 5 rings (SSSR count). The molecule has 3 heterocycles. The number of H-pyrrole nitrogens is 1. The number of aromatic nitrogens is 4. The summed E-state index contributed by atoms with van der Waals surface area (Å²) in [4.78, 5) is 19.9. The summed E-state index contributed by atoms with van der Waals surface area (Å²) in [7, 11) is 0. The fourth-order valence-electron chi connectivity index (χ4n) is 3.94. The predicted octanol–water partition coefficient (Wildman–Crippen LogP) is 7.50. The summed E-state index contributed by atoms with van der Waals surface area (Å²) in [6.07, 6.45) is -1.68. The fraction of sp³-hybridized carbons (Fsp3) is 0.179. The molecule has 39 heavy (non-hydrogen) atoms. The van der Waals surface area contributed by atoms with Gasteiger partial charge in [0.25, 0.3) is 0 Å². The maximum absolute atomic E-state index is 14.0. The van der Waals surface area contributed by atoms with Crippen LogP contribution in [0, 0.1) is 0 Å². The zero-order valence-electron chi connectivity index (χ0n) is 21.3. The van der Waals surface area contributed by atoms with Gasteiger partial charge >= 0.3 is 12.2 Å². The lowest BCUT2D eigenvalue weighted by Crippen LogP contribution is -2.21. The number of carbonyl (C=O) groups is 1. The van der Waals surface area contributed by atoms with Crippen LogP contribution in [0.5, 0.6) is 11.5 Å². The van der Waals surface area contributed by atoms with Crippen LogP contribution in [-0.2, 0) is 11.6 Å². The molecule has 3 aromatic heterocycles. The molecule has 0 unspecified atom stereocenters. The molecular weight excluding hydrogens is 509 g/mol. The molecule has 0 atom stereocenters. The van der Waals surface area contributed by atoms with Crippen LogP contribution in [0.4, 0.5) is 29.5 Å². The number of hydrogen-bond donors (Lipinski definition) is 3. The first-order valence-electron chi connectivity index (χ1n) is 12.0. The average Bonchev–Trinajstić information content (AvgIpc) is 3.53. The number of fused-ring (bicyclic) bond motifs is 1. The van der Waals surface area contributed by atoms with E-state index in [0.29, 0.717) is 16.9 Å². The zero-order chi connectivity index (χ0) is 27.8. The largest absolute Gasteiger partial charge is 0.456 e. The molecule has 8 nitrogen and oxygen atoms in total. The van der Waals surface area contributed by atoms with E-state index >= 15 is 0 Å². The molecule has 2 aromatic carbocycles. The standard InChI is InChI=1S/C28H25F3N6O2/c1-27(2,3)23-16-24(37(36-23)18-7-5-4-6-8-18)35-26(38)34-17-9-10-22(20(15-17)28(29,30)31)39-21-12-14-33-25-19(21)11-13-32-25/h4-16H,1-3H3,(H,32,33)(H2,34,35,38). The second-order valence-electron chi connectivity index (χ2n) is 9.85. The Balaban J connectivity index is 1.41. The van der Waals surface area contributed by atoms with Gasteiger partial charge in [-0.3, -0.25) is 5.32 Å². The van der Waals surface area contributed by atoms with Gasteiger partial charge in [-0.1, -0.05) is 39.0 Å². The van der Waals surface area contributed by atoms with E-state index in [2.05, 4.69) is 25.7 Å².